The number of nitrogens with zero attached hydrogens (tertiary/aromatic N) is 3. The van der Waals surface area contributed by atoms with Crippen LogP contribution in [0.4, 0.5) is 5.69 Å². The first-order valence-corrected chi connectivity index (χ1v) is 8.25. The first kappa shape index (κ1) is 15.4. The quantitative estimate of drug-likeness (QED) is 0.746. The summed E-state index contributed by atoms with van der Waals surface area (Å²) in [5, 5.41) is 19.2. The lowest BCUT2D eigenvalue weighted by atomic mass is 10.1. The Kier molecular flexibility index (Phi) is 3.39. The lowest BCUT2D eigenvalue weighted by Crippen LogP contribution is -2.27. The molecule has 0 spiro atoms. The van der Waals surface area contributed by atoms with Crippen LogP contribution in [0, 0.1) is 19.3 Å². The van der Waals surface area contributed by atoms with Crippen LogP contribution < -0.4 is 4.90 Å². The fourth-order valence-corrected chi connectivity index (χ4v) is 3.50. The molecule has 0 aliphatic carbocycles. The molecule has 0 unspecified atom stereocenters. The fourth-order valence-electron chi connectivity index (χ4n) is 3.50. The minimum Gasteiger partial charge on any atom is -0.509 e. The normalized spacial score (nSPS) is 14.8. The number of hydrogen-bond acceptors (Lipinski definition) is 3. The van der Waals surface area contributed by atoms with Crippen molar-refractivity contribution in [3.63, 3.8) is 0 Å². The molecule has 2 N–H and O–H groups in total. The van der Waals surface area contributed by atoms with Crippen molar-refractivity contribution in [2.75, 3.05) is 11.4 Å². The zero-order chi connectivity index (χ0) is 17.7. The summed E-state index contributed by atoms with van der Waals surface area (Å²) in [4.78, 5) is 6.47. The van der Waals surface area contributed by atoms with E-state index in [4.69, 9.17) is 5.41 Å². The Morgan fingerprint density at radius 2 is 1.88 bits per heavy atom. The number of imidazole rings is 1. The molecular formula is C20H20N4O. The molecule has 1 aromatic heterocycles. The summed E-state index contributed by atoms with van der Waals surface area (Å²) in [6, 6.07) is 14.0. The summed E-state index contributed by atoms with van der Waals surface area (Å²) in [6.45, 7) is 4.37. The molecule has 4 rings (SSSR count). The molecule has 0 saturated carbocycles. The van der Waals surface area contributed by atoms with Gasteiger partial charge in [-0.1, -0.05) is 29.8 Å². The van der Waals surface area contributed by atoms with Crippen LogP contribution in [0.15, 0.2) is 48.2 Å². The predicted molar refractivity (Wildman–Crippen MR) is 101 cm³/mol. The molecule has 2 aromatic carbocycles. The Balaban J connectivity index is 1.79. The maximum atomic E-state index is 10.6. The second-order valence-electron chi connectivity index (χ2n) is 6.53. The van der Waals surface area contributed by atoms with Gasteiger partial charge in [0.1, 0.15) is 17.4 Å². The molecule has 25 heavy (non-hydrogen) atoms. The SMILES string of the molecule is Cc1ccc(N2CC(O)=C(c3nc4ccccc4n3C)C2=N)c(C)c1. The van der Waals surface area contributed by atoms with E-state index in [-0.39, 0.29) is 11.6 Å². The minimum atomic E-state index is 0.184. The van der Waals surface area contributed by atoms with Gasteiger partial charge < -0.3 is 14.6 Å². The number of aromatic nitrogens is 2. The van der Waals surface area contributed by atoms with Crippen molar-refractivity contribution in [1.82, 2.24) is 9.55 Å². The number of para-hydroxylation sites is 2. The third-order valence-corrected chi connectivity index (χ3v) is 4.76. The van der Waals surface area contributed by atoms with Gasteiger partial charge in [0.05, 0.1) is 23.2 Å². The number of aryl methyl sites for hydroxylation is 3. The number of aliphatic hydroxyl groups excluding tert-OH is 1. The first-order chi connectivity index (χ1) is 12.0. The zero-order valence-electron chi connectivity index (χ0n) is 14.5. The lowest BCUT2D eigenvalue weighted by Gasteiger charge is -2.21. The summed E-state index contributed by atoms with van der Waals surface area (Å²) in [6.07, 6.45) is 0. The van der Waals surface area contributed by atoms with E-state index in [1.807, 2.05) is 66.8 Å². The van der Waals surface area contributed by atoms with Crippen LogP contribution in [0.2, 0.25) is 0 Å². The molecule has 0 radical (unpaired) electrons. The molecule has 0 bridgehead atoms. The second kappa shape index (κ2) is 5.48. The monoisotopic (exact) mass is 332 g/mol. The van der Waals surface area contributed by atoms with Crippen LogP contribution in [0.25, 0.3) is 16.6 Å². The summed E-state index contributed by atoms with van der Waals surface area (Å²) < 4.78 is 1.93. The highest BCUT2D eigenvalue weighted by Gasteiger charge is 2.32. The van der Waals surface area contributed by atoms with Crippen molar-refractivity contribution in [3.8, 4) is 0 Å². The van der Waals surface area contributed by atoms with Gasteiger partial charge in [-0.2, -0.15) is 0 Å². The molecule has 126 valence electrons. The number of anilines is 1. The summed E-state index contributed by atoms with van der Waals surface area (Å²) in [5.41, 5.74) is 5.55. The molecular weight excluding hydrogens is 312 g/mol. The van der Waals surface area contributed by atoms with E-state index in [9.17, 15) is 5.11 Å². The molecule has 0 fully saturated rings. The molecule has 0 atom stereocenters. The van der Waals surface area contributed by atoms with E-state index >= 15 is 0 Å². The minimum absolute atomic E-state index is 0.184. The Bertz CT molecular complexity index is 1050. The number of nitrogens with one attached hydrogen (secondary N) is 1. The smallest absolute Gasteiger partial charge is 0.148 e. The van der Waals surface area contributed by atoms with Crippen molar-refractivity contribution >= 4 is 28.1 Å². The van der Waals surface area contributed by atoms with E-state index < -0.39 is 0 Å². The average molecular weight is 332 g/mol. The summed E-state index contributed by atoms with van der Waals surface area (Å²) >= 11 is 0. The maximum absolute atomic E-state index is 10.6. The van der Waals surface area contributed by atoms with E-state index in [0.717, 1.165) is 22.3 Å². The van der Waals surface area contributed by atoms with Crippen LogP contribution in [-0.4, -0.2) is 27.0 Å². The van der Waals surface area contributed by atoms with Crippen LogP contribution in [0.3, 0.4) is 0 Å². The highest BCUT2D eigenvalue weighted by molar-refractivity contribution is 6.30. The highest BCUT2D eigenvalue weighted by Crippen LogP contribution is 2.33. The number of amidine groups is 1. The third kappa shape index (κ3) is 2.31. The lowest BCUT2D eigenvalue weighted by molar-refractivity contribution is 0.411. The van der Waals surface area contributed by atoms with Gasteiger partial charge in [-0.05, 0) is 37.6 Å². The van der Waals surface area contributed by atoms with Crippen LogP contribution in [0.1, 0.15) is 17.0 Å². The molecule has 5 heteroatoms. The van der Waals surface area contributed by atoms with Crippen molar-refractivity contribution in [2.24, 2.45) is 7.05 Å². The van der Waals surface area contributed by atoms with Gasteiger partial charge >= 0.3 is 0 Å². The number of benzene rings is 2. The van der Waals surface area contributed by atoms with Gasteiger partial charge in [0.2, 0.25) is 0 Å². The molecule has 5 nitrogen and oxygen atoms in total. The third-order valence-electron chi connectivity index (χ3n) is 4.76. The summed E-state index contributed by atoms with van der Waals surface area (Å²) in [5.74, 6) is 1.09. The van der Waals surface area contributed by atoms with Gasteiger partial charge in [-0.3, -0.25) is 5.41 Å². The van der Waals surface area contributed by atoms with Crippen LogP contribution in [-0.2, 0) is 7.05 Å². The molecule has 1 aliphatic heterocycles. The van der Waals surface area contributed by atoms with E-state index in [1.165, 1.54) is 5.56 Å². The second-order valence-corrected chi connectivity index (χ2v) is 6.53. The predicted octanol–water partition coefficient (Wildman–Crippen LogP) is 3.96. The Labute approximate surface area is 146 Å². The van der Waals surface area contributed by atoms with E-state index in [2.05, 4.69) is 11.1 Å². The van der Waals surface area contributed by atoms with Gasteiger partial charge in [-0.25, -0.2) is 4.98 Å². The van der Waals surface area contributed by atoms with E-state index in [1.54, 1.807) is 0 Å². The largest absolute Gasteiger partial charge is 0.509 e. The number of rotatable bonds is 2. The Morgan fingerprint density at radius 1 is 1.12 bits per heavy atom. The first-order valence-electron chi connectivity index (χ1n) is 8.25. The van der Waals surface area contributed by atoms with Crippen LogP contribution in [0.5, 0.6) is 0 Å². The van der Waals surface area contributed by atoms with Gasteiger partial charge in [-0.15, -0.1) is 0 Å². The van der Waals surface area contributed by atoms with Crippen molar-refractivity contribution < 1.29 is 5.11 Å². The highest BCUT2D eigenvalue weighted by atomic mass is 16.3. The van der Waals surface area contributed by atoms with Gasteiger partial charge in [0.25, 0.3) is 0 Å². The molecule has 0 amide bonds. The van der Waals surface area contributed by atoms with Gasteiger partial charge in [0.15, 0.2) is 0 Å². The topological polar surface area (TPSA) is 65.1 Å². The molecule has 1 aliphatic rings. The number of aliphatic hydroxyl groups is 1. The summed E-state index contributed by atoms with van der Waals surface area (Å²) in [7, 11) is 1.91. The van der Waals surface area contributed by atoms with Crippen LogP contribution >= 0.6 is 0 Å². The number of hydrogen-bond donors (Lipinski definition) is 2. The van der Waals surface area contributed by atoms with Crippen molar-refractivity contribution in [1.29, 1.82) is 5.41 Å². The maximum Gasteiger partial charge on any atom is 0.148 e. The van der Waals surface area contributed by atoms with Crippen molar-refractivity contribution in [3.05, 3.63) is 65.2 Å². The Hall–Kier alpha value is -3.08. The Morgan fingerprint density at radius 3 is 2.60 bits per heavy atom. The average Bonchev–Trinajstić information content (AvgIpc) is 3.05. The van der Waals surface area contributed by atoms with Gasteiger partial charge in [0, 0.05) is 12.7 Å². The molecule has 3 aromatic rings. The van der Waals surface area contributed by atoms with Crippen molar-refractivity contribution in [2.45, 2.75) is 13.8 Å². The fraction of sp³-hybridized carbons (Fsp3) is 0.200. The molecule has 0 saturated heterocycles. The van der Waals surface area contributed by atoms with E-state index in [0.29, 0.717) is 17.9 Å². The number of fused-ring (bicyclic) bond motifs is 1. The standard InChI is InChI=1S/C20H20N4O/c1-12-8-9-15(13(2)10-12)24-11-17(25)18(19(24)21)20-22-14-6-4-5-7-16(14)23(20)3/h4-10,21,25H,11H2,1-3H3. The zero-order valence-corrected chi connectivity index (χ0v) is 14.5. The molecule has 2 heterocycles.